The smallest absolute Gasteiger partial charge is 0.411 e. The highest BCUT2D eigenvalue weighted by molar-refractivity contribution is 7.69. The molecule has 0 aliphatic carbocycles. The molecule has 10 radical (unpaired) electrons. The molecule has 1 saturated heterocycles. The fourth-order valence-corrected chi connectivity index (χ4v) is 3.01. The number of carbonyl (C=O) groups excluding carboxylic acids is 1. The number of para-hydroxylation sites is 1. The number of carbonyl (C=O) groups is 1. The summed E-state index contributed by atoms with van der Waals surface area (Å²) in [6.07, 6.45) is 0.294. The van der Waals surface area contributed by atoms with E-state index in [0.29, 0.717) is 5.69 Å². The van der Waals surface area contributed by atoms with Crippen LogP contribution >= 0.6 is 0 Å². The maximum atomic E-state index is 12.5. The molecule has 1 N–H and O–H groups in total. The monoisotopic (exact) mass is 363 g/mol. The van der Waals surface area contributed by atoms with E-state index in [9.17, 15) is 4.79 Å². The highest BCUT2D eigenvalue weighted by Gasteiger charge is 2.26. The molecule has 2 aromatic carbocycles. The number of rotatable bonds is 4. The highest BCUT2D eigenvalue weighted by atomic mass is 16.6. The van der Waals surface area contributed by atoms with Crippen molar-refractivity contribution in [2.75, 3.05) is 5.32 Å². The summed E-state index contributed by atoms with van der Waals surface area (Å²) >= 11 is 0. The summed E-state index contributed by atoms with van der Waals surface area (Å²) in [6.45, 7) is 0. The van der Waals surface area contributed by atoms with Crippen molar-refractivity contribution in [3.8, 4) is 0 Å². The van der Waals surface area contributed by atoms with Gasteiger partial charge in [-0.1, -0.05) is 48.5 Å². The van der Waals surface area contributed by atoms with E-state index in [1.807, 2.05) is 112 Å². The largest absolute Gasteiger partial charge is 0.457 e. The summed E-state index contributed by atoms with van der Waals surface area (Å²) in [5.41, 5.74) is 1.90. The lowest BCUT2D eigenvalue weighted by atomic mass is 8.87. The molecule has 2 unspecified atom stereocenters. The minimum Gasteiger partial charge on any atom is -0.457 e. The Balaban J connectivity index is 1.68. The molecule has 1 heterocycles. The van der Waals surface area contributed by atoms with Gasteiger partial charge in [-0.2, -0.15) is 0 Å². The first-order valence-corrected chi connectivity index (χ1v) is 9.73. The van der Waals surface area contributed by atoms with Gasteiger partial charge in [0.15, 0.2) is 0 Å². The molecule has 0 spiro atoms. The quantitative estimate of drug-likeness (QED) is 0.772. The lowest BCUT2D eigenvalue weighted by Gasteiger charge is -2.28. The van der Waals surface area contributed by atoms with Crippen LogP contribution in [-0.4, -0.2) is 82.9 Å². The Labute approximate surface area is 181 Å². The van der Waals surface area contributed by atoms with Gasteiger partial charge in [0.05, 0.1) is 13.2 Å². The maximum Gasteiger partial charge on any atom is 0.411 e. The summed E-state index contributed by atoms with van der Waals surface area (Å²) in [5, 5.41) is 2.80. The van der Waals surface area contributed by atoms with Crippen molar-refractivity contribution >= 4 is 82.6 Å². The standard InChI is InChI=1S/C16H15B10NO2/c28-16(27-13-9-5-2-6-10-13)29-15-14(11-12-7-3-1-4-8-12)17-19-21-23-25-26-24-22-20-18-15/h1-10,14-15H,11H2,(H,27,28). The zero-order valence-electron chi connectivity index (χ0n) is 16.2. The third kappa shape index (κ3) is 8.32. The molecular weight excluding hydrogens is 346 g/mol. The number of amides is 1. The van der Waals surface area contributed by atoms with Crippen LogP contribution in [0.5, 0.6) is 0 Å². The van der Waals surface area contributed by atoms with Crippen molar-refractivity contribution in [1.82, 2.24) is 0 Å². The van der Waals surface area contributed by atoms with E-state index < -0.39 is 12.1 Å². The van der Waals surface area contributed by atoms with E-state index >= 15 is 0 Å². The van der Waals surface area contributed by atoms with Gasteiger partial charge in [0, 0.05) is 62.2 Å². The van der Waals surface area contributed by atoms with E-state index in [-0.39, 0.29) is 5.82 Å². The van der Waals surface area contributed by atoms with Crippen LogP contribution in [0.2, 0.25) is 5.82 Å². The van der Waals surface area contributed by atoms with Crippen LogP contribution in [0.15, 0.2) is 60.7 Å². The number of nitrogens with one attached hydrogen (secondary N) is 1. The summed E-state index contributed by atoms with van der Waals surface area (Å²) in [4.78, 5) is 12.5. The van der Waals surface area contributed by atoms with Crippen LogP contribution < -0.4 is 5.32 Å². The van der Waals surface area contributed by atoms with Gasteiger partial charge in [0.1, 0.15) is 7.17 Å². The zero-order chi connectivity index (χ0) is 20.2. The van der Waals surface area contributed by atoms with E-state index in [1.54, 1.807) is 0 Å². The number of anilines is 1. The Morgan fingerprint density at radius 1 is 0.759 bits per heavy atom. The van der Waals surface area contributed by atoms with Crippen molar-refractivity contribution in [1.29, 1.82) is 0 Å². The predicted octanol–water partition coefficient (Wildman–Crippen LogP) is -0.117. The van der Waals surface area contributed by atoms with Gasteiger partial charge in [-0.05, 0) is 29.9 Å². The molecule has 126 valence electrons. The lowest BCUT2D eigenvalue weighted by molar-refractivity contribution is 0.143. The van der Waals surface area contributed by atoms with Crippen molar-refractivity contribution < 1.29 is 9.53 Å². The summed E-state index contributed by atoms with van der Waals surface area (Å²) in [5.74, 6) is -0.00312. The average molecular weight is 361 g/mol. The van der Waals surface area contributed by atoms with Crippen LogP contribution in [-0.2, 0) is 11.2 Å². The minimum absolute atomic E-state index is 0.00312. The van der Waals surface area contributed by atoms with Crippen LogP contribution in [0, 0.1) is 0 Å². The highest BCUT2D eigenvalue weighted by Crippen LogP contribution is 2.20. The number of benzene rings is 2. The van der Waals surface area contributed by atoms with E-state index in [1.165, 1.54) is 5.56 Å². The summed E-state index contributed by atoms with van der Waals surface area (Å²) in [7, 11) is 19.7. The molecule has 1 amide bonds. The number of ether oxygens (including phenoxy) is 1. The Morgan fingerprint density at radius 3 is 1.97 bits per heavy atom. The molecule has 0 saturated carbocycles. The second-order valence-electron chi connectivity index (χ2n) is 6.64. The SMILES string of the molecule is O=C(Nc1ccccc1)OC1[B][B][B][B][B][B][B][B][B][B]C1Cc1ccccc1. The third-order valence-corrected chi connectivity index (χ3v) is 4.44. The van der Waals surface area contributed by atoms with Gasteiger partial charge in [-0.15, -0.1) is 0 Å². The fourth-order valence-electron chi connectivity index (χ4n) is 3.01. The first-order valence-electron chi connectivity index (χ1n) is 9.73. The van der Waals surface area contributed by atoms with Gasteiger partial charge < -0.3 is 4.74 Å². The summed E-state index contributed by atoms with van der Waals surface area (Å²) in [6, 6.07) is 19.1. The predicted molar refractivity (Wildman–Crippen MR) is 132 cm³/mol. The number of hydrogen-bond donors (Lipinski definition) is 1. The van der Waals surface area contributed by atoms with Crippen LogP contribution in [0.1, 0.15) is 5.56 Å². The molecule has 1 aliphatic heterocycles. The molecule has 0 aromatic heterocycles. The molecular formula is C16H15B10NO2. The molecule has 13 heteroatoms. The van der Waals surface area contributed by atoms with Crippen molar-refractivity contribution in [3.63, 3.8) is 0 Å². The molecule has 2 aromatic rings. The molecule has 1 aliphatic rings. The van der Waals surface area contributed by atoms with Gasteiger partial charge in [-0.3, -0.25) is 5.32 Å². The Bertz CT molecular complexity index is 726. The molecule has 1 fully saturated rings. The first-order chi connectivity index (χ1) is 14.3. The number of hydrogen-bond acceptors (Lipinski definition) is 2. The van der Waals surface area contributed by atoms with Gasteiger partial charge >= 0.3 is 6.09 Å². The van der Waals surface area contributed by atoms with E-state index in [0.717, 1.165) is 6.42 Å². The summed E-state index contributed by atoms with van der Waals surface area (Å²) < 4.78 is 5.82. The third-order valence-electron chi connectivity index (χ3n) is 4.44. The maximum absolute atomic E-state index is 12.5. The second kappa shape index (κ2) is 12.8. The van der Waals surface area contributed by atoms with Crippen molar-refractivity contribution in [2.45, 2.75) is 18.2 Å². The van der Waals surface area contributed by atoms with Gasteiger partial charge in [-0.25, -0.2) is 4.79 Å². The normalized spacial score (nSPS) is 18.6. The molecule has 3 rings (SSSR count). The Hall–Kier alpha value is -1.64. The Kier molecular flexibility index (Phi) is 9.75. The first kappa shape index (κ1) is 22.1. The molecule has 29 heavy (non-hydrogen) atoms. The van der Waals surface area contributed by atoms with Crippen LogP contribution in [0.25, 0.3) is 0 Å². The molecule has 0 bridgehead atoms. The molecule has 2 atom stereocenters. The second-order valence-corrected chi connectivity index (χ2v) is 6.64. The van der Waals surface area contributed by atoms with Crippen LogP contribution in [0.3, 0.4) is 0 Å². The zero-order valence-corrected chi connectivity index (χ0v) is 16.2. The molecule has 3 nitrogen and oxygen atoms in total. The fraction of sp³-hybridized carbons (Fsp3) is 0.188. The lowest BCUT2D eigenvalue weighted by Crippen LogP contribution is -2.43. The Morgan fingerprint density at radius 2 is 1.31 bits per heavy atom. The topological polar surface area (TPSA) is 38.3 Å². The van der Waals surface area contributed by atoms with E-state index in [4.69, 9.17) is 4.74 Å². The van der Waals surface area contributed by atoms with Gasteiger partial charge in [0.2, 0.25) is 0 Å². The van der Waals surface area contributed by atoms with Crippen LogP contribution in [0.4, 0.5) is 10.5 Å². The minimum atomic E-state index is -0.469. The van der Waals surface area contributed by atoms with Crippen molar-refractivity contribution in [3.05, 3.63) is 66.2 Å². The van der Waals surface area contributed by atoms with Crippen molar-refractivity contribution in [2.24, 2.45) is 0 Å². The van der Waals surface area contributed by atoms with E-state index in [2.05, 4.69) is 24.6 Å². The average Bonchev–Trinajstić information content (AvgIpc) is 2.73. The van der Waals surface area contributed by atoms with Gasteiger partial charge in [0.25, 0.3) is 0 Å².